The molecule has 2 heterocycles. The maximum Gasteiger partial charge on any atom is 0.338 e. The van der Waals surface area contributed by atoms with E-state index in [0.29, 0.717) is 48.4 Å². The van der Waals surface area contributed by atoms with Crippen LogP contribution in [0.3, 0.4) is 0 Å². The molecule has 0 unspecified atom stereocenters. The minimum atomic E-state index is -0.848. The molecular formula is C32H29ClN2O6S. The van der Waals surface area contributed by atoms with Crippen molar-refractivity contribution in [3.63, 3.8) is 0 Å². The molecule has 0 amide bonds. The summed E-state index contributed by atoms with van der Waals surface area (Å²) in [4.78, 5) is 32.5. The van der Waals surface area contributed by atoms with E-state index in [4.69, 9.17) is 30.5 Å². The topological polar surface area (TPSA) is 88.4 Å². The Hall–Kier alpha value is -4.34. The number of carbonyl (C=O) groups excluding carboxylic acids is 1. The van der Waals surface area contributed by atoms with Crippen LogP contribution >= 0.6 is 22.9 Å². The third kappa shape index (κ3) is 5.70. The van der Waals surface area contributed by atoms with Crippen molar-refractivity contribution in [2.75, 3.05) is 20.8 Å². The number of para-hydroxylation sites is 1. The molecule has 0 fully saturated rings. The van der Waals surface area contributed by atoms with E-state index in [1.54, 1.807) is 45.2 Å². The lowest BCUT2D eigenvalue weighted by Gasteiger charge is -2.26. The first kappa shape index (κ1) is 29.2. The average molecular weight is 605 g/mol. The molecule has 0 bridgehead atoms. The second-order valence-corrected chi connectivity index (χ2v) is 10.7. The highest BCUT2D eigenvalue weighted by molar-refractivity contribution is 7.07. The number of aromatic nitrogens is 1. The molecule has 0 saturated carbocycles. The average Bonchev–Trinajstić information content (AvgIpc) is 3.30. The molecule has 216 valence electrons. The van der Waals surface area contributed by atoms with Crippen molar-refractivity contribution < 1.29 is 23.7 Å². The highest BCUT2D eigenvalue weighted by atomic mass is 35.5. The van der Waals surface area contributed by atoms with Crippen molar-refractivity contribution in [2.24, 2.45) is 4.99 Å². The van der Waals surface area contributed by atoms with Gasteiger partial charge in [0.25, 0.3) is 5.56 Å². The lowest BCUT2D eigenvalue weighted by atomic mass is 9.94. The number of hydrogen-bond donors (Lipinski definition) is 0. The molecule has 0 radical (unpaired) electrons. The highest BCUT2D eigenvalue weighted by Gasteiger charge is 2.35. The van der Waals surface area contributed by atoms with Crippen LogP contribution in [-0.2, 0) is 16.1 Å². The monoisotopic (exact) mass is 604 g/mol. The maximum absolute atomic E-state index is 14.1. The zero-order valence-electron chi connectivity index (χ0n) is 23.5. The first-order chi connectivity index (χ1) is 20.4. The Labute approximate surface area is 251 Å². The van der Waals surface area contributed by atoms with Crippen LogP contribution in [0.15, 0.2) is 87.8 Å². The van der Waals surface area contributed by atoms with Crippen LogP contribution in [0.5, 0.6) is 17.2 Å². The fraction of sp³-hybridized carbons (Fsp3) is 0.219. The second-order valence-electron chi connectivity index (χ2n) is 9.33. The van der Waals surface area contributed by atoms with Crippen LogP contribution in [0.4, 0.5) is 0 Å². The molecular weight excluding hydrogens is 576 g/mol. The van der Waals surface area contributed by atoms with Crippen LogP contribution in [0.2, 0.25) is 5.02 Å². The van der Waals surface area contributed by atoms with Gasteiger partial charge in [-0.15, -0.1) is 0 Å². The van der Waals surface area contributed by atoms with Crippen molar-refractivity contribution in [3.8, 4) is 17.2 Å². The summed E-state index contributed by atoms with van der Waals surface area (Å²) in [5, 5.41) is 0.615. The number of fused-ring (bicyclic) bond motifs is 1. The smallest absolute Gasteiger partial charge is 0.338 e. The number of thiazole rings is 1. The molecule has 42 heavy (non-hydrogen) atoms. The largest absolute Gasteiger partial charge is 0.497 e. The van der Waals surface area contributed by atoms with E-state index in [9.17, 15) is 9.59 Å². The minimum Gasteiger partial charge on any atom is -0.497 e. The summed E-state index contributed by atoms with van der Waals surface area (Å²) in [5.74, 6) is 1.08. The van der Waals surface area contributed by atoms with Gasteiger partial charge < -0.3 is 18.9 Å². The van der Waals surface area contributed by atoms with Crippen LogP contribution in [0.25, 0.3) is 6.08 Å². The zero-order valence-corrected chi connectivity index (χ0v) is 25.1. The Morgan fingerprint density at radius 3 is 2.55 bits per heavy atom. The Morgan fingerprint density at radius 2 is 1.81 bits per heavy atom. The molecule has 5 rings (SSSR count). The quantitative estimate of drug-likeness (QED) is 0.249. The summed E-state index contributed by atoms with van der Waals surface area (Å²) in [6.45, 7) is 3.91. The predicted molar refractivity (Wildman–Crippen MR) is 162 cm³/mol. The van der Waals surface area contributed by atoms with Crippen LogP contribution in [0.1, 0.15) is 36.6 Å². The number of rotatable bonds is 9. The van der Waals surface area contributed by atoms with Crippen molar-refractivity contribution >= 4 is 35.0 Å². The molecule has 0 aliphatic carbocycles. The molecule has 0 N–H and O–H groups in total. The summed E-state index contributed by atoms with van der Waals surface area (Å²) in [6, 6.07) is 19.3. The van der Waals surface area contributed by atoms with Crippen LogP contribution in [0, 0.1) is 0 Å². The van der Waals surface area contributed by atoms with E-state index in [-0.39, 0.29) is 24.3 Å². The molecule has 0 saturated heterocycles. The number of benzene rings is 3. The van der Waals surface area contributed by atoms with Gasteiger partial charge in [-0.05, 0) is 50.3 Å². The van der Waals surface area contributed by atoms with Gasteiger partial charge in [0.2, 0.25) is 0 Å². The fourth-order valence-electron chi connectivity index (χ4n) is 4.78. The lowest BCUT2D eigenvalue weighted by molar-refractivity contribution is -0.139. The SMILES string of the molecule is CCOC(=O)C1=C(C)N=c2s/c(=C/c3ccccc3OCc3ccccc3Cl)c(=O)n2[C@H]1c1cc(OC)ccc1OC. The number of esters is 1. The minimum absolute atomic E-state index is 0.174. The number of halogens is 1. The van der Waals surface area contributed by atoms with Crippen molar-refractivity contribution in [1.29, 1.82) is 0 Å². The molecule has 4 aromatic rings. The van der Waals surface area contributed by atoms with Gasteiger partial charge in [0, 0.05) is 21.7 Å². The molecule has 10 heteroatoms. The van der Waals surface area contributed by atoms with Gasteiger partial charge >= 0.3 is 5.97 Å². The second kappa shape index (κ2) is 12.7. The third-order valence-electron chi connectivity index (χ3n) is 6.80. The van der Waals surface area contributed by atoms with Gasteiger partial charge in [-0.1, -0.05) is 59.3 Å². The van der Waals surface area contributed by atoms with E-state index in [1.165, 1.54) is 23.0 Å². The molecule has 1 aliphatic rings. The highest BCUT2D eigenvalue weighted by Crippen LogP contribution is 2.38. The first-order valence-corrected chi connectivity index (χ1v) is 14.4. The van der Waals surface area contributed by atoms with Gasteiger partial charge in [-0.25, -0.2) is 9.79 Å². The predicted octanol–water partition coefficient (Wildman–Crippen LogP) is 5.05. The van der Waals surface area contributed by atoms with E-state index >= 15 is 0 Å². The molecule has 1 atom stereocenters. The van der Waals surface area contributed by atoms with Crippen molar-refractivity contribution in [3.05, 3.63) is 119 Å². The standard InChI is InChI=1S/C32H29ClN2O6S/c1-5-40-31(37)28-19(2)34-32-35(29(28)23-17-22(38-3)14-15-26(23)39-4)30(36)27(42-32)16-20-10-7-9-13-25(20)41-18-21-11-6-8-12-24(21)33/h6-17,29H,5,18H2,1-4H3/b27-16+/t29-/m0/s1. The lowest BCUT2D eigenvalue weighted by Crippen LogP contribution is -2.40. The van der Waals surface area contributed by atoms with Gasteiger partial charge in [0.15, 0.2) is 4.80 Å². The summed E-state index contributed by atoms with van der Waals surface area (Å²) in [6.07, 6.45) is 1.77. The van der Waals surface area contributed by atoms with E-state index in [1.807, 2.05) is 48.5 Å². The Bertz CT molecular complexity index is 1860. The first-order valence-electron chi connectivity index (χ1n) is 13.2. The zero-order chi connectivity index (χ0) is 29.8. The van der Waals surface area contributed by atoms with Gasteiger partial charge in [0.1, 0.15) is 29.9 Å². The van der Waals surface area contributed by atoms with Crippen molar-refractivity contribution in [1.82, 2.24) is 4.57 Å². The molecule has 1 aromatic heterocycles. The normalized spacial score (nSPS) is 14.7. The summed E-state index contributed by atoms with van der Waals surface area (Å²) in [7, 11) is 3.09. The Morgan fingerprint density at radius 1 is 1.05 bits per heavy atom. The summed E-state index contributed by atoms with van der Waals surface area (Å²) >= 11 is 7.54. The number of methoxy groups -OCH3 is 2. The van der Waals surface area contributed by atoms with Crippen molar-refractivity contribution in [2.45, 2.75) is 26.5 Å². The molecule has 1 aliphatic heterocycles. The van der Waals surface area contributed by atoms with Gasteiger partial charge in [-0.3, -0.25) is 9.36 Å². The third-order valence-corrected chi connectivity index (χ3v) is 8.15. The van der Waals surface area contributed by atoms with E-state index in [0.717, 1.165) is 5.56 Å². The molecule has 0 spiro atoms. The fourth-order valence-corrected chi connectivity index (χ4v) is 6.01. The number of ether oxygens (including phenoxy) is 4. The summed E-state index contributed by atoms with van der Waals surface area (Å²) < 4.78 is 24.6. The number of nitrogens with zero attached hydrogens (tertiary/aromatic N) is 2. The van der Waals surface area contributed by atoms with Gasteiger partial charge in [-0.2, -0.15) is 0 Å². The van der Waals surface area contributed by atoms with E-state index in [2.05, 4.69) is 4.99 Å². The summed E-state index contributed by atoms with van der Waals surface area (Å²) in [5.41, 5.74) is 2.54. The Balaban J connectivity index is 1.65. The maximum atomic E-state index is 14.1. The number of carbonyl (C=O) groups is 1. The number of hydrogen-bond acceptors (Lipinski definition) is 8. The molecule has 3 aromatic carbocycles. The van der Waals surface area contributed by atoms with E-state index < -0.39 is 12.0 Å². The van der Waals surface area contributed by atoms with Crippen LogP contribution in [-0.4, -0.2) is 31.4 Å². The van der Waals surface area contributed by atoms with Gasteiger partial charge in [0.05, 0.1) is 36.6 Å². The Kier molecular flexibility index (Phi) is 8.80. The van der Waals surface area contributed by atoms with Crippen LogP contribution < -0.4 is 29.1 Å². The number of allylic oxidation sites excluding steroid dienone is 1. The molecule has 8 nitrogen and oxygen atoms in total.